The minimum atomic E-state index is 0. The molecule has 0 heterocycles. The Morgan fingerprint density at radius 2 is 1.00 bits per heavy atom. The zero-order chi connectivity index (χ0) is 0. The maximum Gasteiger partial charge on any atom is 0 e. The molecule has 0 fully saturated rings. The second kappa shape index (κ2) is 15.9. The molecule has 4 heavy (non-hydrogen) atoms. The van der Waals surface area contributed by atoms with Gasteiger partial charge in [0.2, 0.25) is 0 Å². The van der Waals surface area contributed by atoms with Crippen molar-refractivity contribution in [3.05, 3.63) is 0 Å². The molecule has 0 spiro atoms. The van der Waals surface area contributed by atoms with Crippen LogP contribution in [0.15, 0.2) is 0 Å². The van der Waals surface area contributed by atoms with Crippen LogP contribution in [0.3, 0.4) is 0 Å². The van der Waals surface area contributed by atoms with E-state index in [1.165, 1.54) is 0 Å². The van der Waals surface area contributed by atoms with Gasteiger partial charge in [-0.2, -0.15) is 0 Å². The van der Waals surface area contributed by atoms with Crippen LogP contribution in [0, 0.1) is 0 Å². The molecule has 16 valence electrons. The fraction of sp³-hybridized carbons (Fsp3) is 0. The monoisotopic (exact) mass is 178 g/mol. The van der Waals surface area contributed by atoms with E-state index in [1.807, 2.05) is 0 Å². The smallest absolute Gasteiger partial charge is 0 e. The van der Waals surface area contributed by atoms with Gasteiger partial charge in [-0.3, -0.25) is 0 Å². The van der Waals surface area contributed by atoms with Gasteiger partial charge in [0.05, 0.1) is 0 Å². The summed E-state index contributed by atoms with van der Waals surface area (Å²) in [4.78, 5) is 0. The van der Waals surface area contributed by atoms with Crippen molar-refractivity contribution in [1.82, 2.24) is 0 Å². The van der Waals surface area contributed by atoms with E-state index >= 15 is 0 Å². The Bertz CT molecular complexity index is 8.00. The maximum atomic E-state index is 0. The van der Waals surface area contributed by atoms with Crippen LogP contribution < -0.4 is 0 Å². The van der Waals surface area contributed by atoms with Crippen LogP contribution in [0.5, 0.6) is 0 Å². The summed E-state index contributed by atoms with van der Waals surface area (Å²) in [7, 11) is 0. The van der Waals surface area contributed by atoms with Gasteiger partial charge >= 0.3 is 89.1 Å². The quantitative estimate of drug-likeness (QED) is 0.348. The first-order chi connectivity index (χ1) is 0. The Morgan fingerprint density at radius 3 is 1.00 bits per heavy atom. The summed E-state index contributed by atoms with van der Waals surface area (Å²) in [6.07, 6.45) is 0. The molecule has 0 aromatic carbocycles. The Kier molecular flexibility index (Phi) is 99.8. The topological polar surface area (TPSA) is 0 Å². The predicted octanol–water partition coefficient (Wildman–Crippen LogP) is -3.02. The summed E-state index contributed by atoms with van der Waals surface area (Å²) < 4.78 is 0. The average Bonchev–Trinajstić information content (AvgIpc) is 0. The van der Waals surface area contributed by atoms with E-state index in [9.17, 15) is 0 Å². The summed E-state index contributed by atoms with van der Waals surface area (Å²) in [5.74, 6) is 0. The maximum absolute atomic E-state index is 0. The van der Waals surface area contributed by atoms with Crippen molar-refractivity contribution < 1.29 is 19.5 Å². The molecule has 0 aliphatic heterocycles. The molecule has 0 aliphatic rings. The van der Waals surface area contributed by atoms with E-state index < -0.39 is 0 Å². The molecular formula is H7CaKSiZn. The van der Waals surface area contributed by atoms with Crippen molar-refractivity contribution in [2.45, 2.75) is 0 Å². The van der Waals surface area contributed by atoms with Gasteiger partial charge in [0, 0.05) is 19.5 Å². The van der Waals surface area contributed by atoms with Crippen LogP contribution in [0.1, 0.15) is 0 Å². The molecule has 4 heteroatoms. The zero-order valence-electron chi connectivity index (χ0n) is 0.707. The molecule has 0 aromatic rings. The van der Waals surface area contributed by atoms with Crippen molar-refractivity contribution in [2.24, 2.45) is 0 Å². The fourth-order valence-corrected chi connectivity index (χ4v) is 0. The second-order valence-electron chi connectivity index (χ2n) is 0. The van der Waals surface area contributed by atoms with Crippen molar-refractivity contribution in [3.63, 3.8) is 0 Å². The van der Waals surface area contributed by atoms with Crippen LogP contribution in [0.4, 0.5) is 0 Å². The van der Waals surface area contributed by atoms with Crippen molar-refractivity contribution in [2.75, 3.05) is 0 Å². The third kappa shape index (κ3) is 9.22. The summed E-state index contributed by atoms with van der Waals surface area (Å²) in [5.41, 5.74) is 0. The molecule has 0 saturated heterocycles. The zero-order valence-corrected chi connectivity index (χ0v) is 3.67. The van der Waals surface area contributed by atoms with Crippen LogP contribution in [-0.4, -0.2) is 100 Å². The van der Waals surface area contributed by atoms with E-state index in [1.54, 1.807) is 0 Å². The molecular weight excluding hydrogens is 173 g/mol. The minimum Gasteiger partial charge on any atom is -0.0149 e. The molecule has 0 aromatic heterocycles. The molecule has 0 atom stereocenters. The number of rotatable bonds is 0. The largest absolute Gasteiger partial charge is 0.0149 e. The molecule has 0 amide bonds. The SMILES string of the molecule is [CaH2].[KH].[SiH4].[Zn]. The molecule has 0 N–H and O–H groups in total. The second-order valence-corrected chi connectivity index (χ2v) is 0. The van der Waals surface area contributed by atoms with Crippen molar-refractivity contribution >= 4 is 100 Å². The fourth-order valence-electron chi connectivity index (χ4n) is 0. The first-order valence-electron chi connectivity index (χ1n) is 0. The van der Waals surface area contributed by atoms with Crippen LogP contribution in [0.25, 0.3) is 0 Å². The molecule has 0 unspecified atom stereocenters. The van der Waals surface area contributed by atoms with Gasteiger partial charge < -0.3 is 0 Å². The van der Waals surface area contributed by atoms with Crippen LogP contribution >= 0.6 is 0 Å². The molecule has 0 rings (SSSR count). The van der Waals surface area contributed by atoms with Crippen molar-refractivity contribution in [1.29, 1.82) is 0 Å². The van der Waals surface area contributed by atoms with Gasteiger partial charge in [0.25, 0.3) is 0 Å². The Labute approximate surface area is 116 Å². The minimum absolute atomic E-state index is 0. The molecule has 0 radical (unpaired) electrons. The third-order valence-electron chi connectivity index (χ3n) is 0. The Hall–Kier alpha value is 3.74. The van der Waals surface area contributed by atoms with Crippen LogP contribution in [0.2, 0.25) is 0 Å². The summed E-state index contributed by atoms with van der Waals surface area (Å²) in [6, 6.07) is 0. The molecule has 0 bridgehead atoms. The van der Waals surface area contributed by atoms with Gasteiger partial charge in [-0.1, -0.05) is 0 Å². The summed E-state index contributed by atoms with van der Waals surface area (Å²) in [5, 5.41) is 0. The van der Waals surface area contributed by atoms with Gasteiger partial charge in [-0.15, -0.1) is 0 Å². The third-order valence-corrected chi connectivity index (χ3v) is 0. The van der Waals surface area contributed by atoms with E-state index in [2.05, 4.69) is 0 Å². The van der Waals surface area contributed by atoms with Crippen molar-refractivity contribution in [3.8, 4) is 0 Å². The number of hydrogen-bond donors (Lipinski definition) is 0. The van der Waals surface area contributed by atoms with Gasteiger partial charge in [0.1, 0.15) is 0 Å². The number of hydrogen-bond acceptors (Lipinski definition) is 0. The molecule has 0 aliphatic carbocycles. The Balaban J connectivity index is 0. The van der Waals surface area contributed by atoms with E-state index in [4.69, 9.17) is 0 Å². The van der Waals surface area contributed by atoms with E-state index in [0.29, 0.717) is 0 Å². The van der Waals surface area contributed by atoms with E-state index in [-0.39, 0.29) is 120 Å². The summed E-state index contributed by atoms with van der Waals surface area (Å²) in [6.45, 7) is 0. The average molecular weight is 180 g/mol. The van der Waals surface area contributed by atoms with Gasteiger partial charge in [0.15, 0.2) is 0 Å². The standard InChI is InChI=1S/Ca.K.H4Si.Zn.3H/h;;1H4;;;;. The van der Waals surface area contributed by atoms with Gasteiger partial charge in [-0.25, -0.2) is 0 Å². The normalized spacial score (nSPS) is 0. The van der Waals surface area contributed by atoms with E-state index in [0.717, 1.165) is 0 Å². The summed E-state index contributed by atoms with van der Waals surface area (Å²) >= 11 is 0. The predicted molar refractivity (Wildman–Crippen MR) is 27.0 cm³/mol. The molecule has 0 nitrogen and oxygen atoms in total. The Morgan fingerprint density at radius 1 is 1.00 bits per heavy atom. The first-order valence-corrected chi connectivity index (χ1v) is 0. The van der Waals surface area contributed by atoms with Gasteiger partial charge in [-0.05, 0) is 11.0 Å². The van der Waals surface area contributed by atoms with Crippen LogP contribution in [-0.2, 0) is 19.5 Å². The first kappa shape index (κ1) is 25.1. The molecule has 0 saturated carbocycles.